The van der Waals surface area contributed by atoms with Gasteiger partial charge in [0.15, 0.2) is 22.5 Å². The fraction of sp³-hybridized carbons (Fsp3) is 0.261. The van der Waals surface area contributed by atoms with E-state index in [1.165, 1.54) is 11.8 Å². The number of carbonyl (C=O) groups is 1. The molecule has 0 aliphatic carbocycles. The van der Waals surface area contributed by atoms with E-state index in [0.29, 0.717) is 29.0 Å². The Balaban J connectivity index is 1.79. The molecular weight excluding hydrogens is 412 g/mol. The highest BCUT2D eigenvalue weighted by atomic mass is 32.2. The van der Waals surface area contributed by atoms with Gasteiger partial charge in [0.25, 0.3) is 0 Å². The van der Waals surface area contributed by atoms with Crippen LogP contribution in [0.5, 0.6) is 11.5 Å². The van der Waals surface area contributed by atoms with Gasteiger partial charge < -0.3 is 14.8 Å². The van der Waals surface area contributed by atoms with Crippen LogP contribution in [0.1, 0.15) is 11.1 Å². The molecule has 7 nitrogen and oxygen atoms in total. The van der Waals surface area contributed by atoms with Crippen LogP contribution in [0.4, 0.5) is 5.69 Å². The summed E-state index contributed by atoms with van der Waals surface area (Å²) in [4.78, 5) is 12.6. The normalized spacial score (nSPS) is 10.6. The van der Waals surface area contributed by atoms with Gasteiger partial charge in [0.05, 0.1) is 20.0 Å². The summed E-state index contributed by atoms with van der Waals surface area (Å²) in [7, 11) is 3.18. The van der Waals surface area contributed by atoms with Crippen LogP contribution >= 0.6 is 11.8 Å². The highest BCUT2D eigenvalue weighted by Crippen LogP contribution is 2.33. The monoisotopic (exact) mass is 438 g/mol. The second-order valence-corrected chi connectivity index (χ2v) is 7.82. The van der Waals surface area contributed by atoms with Crippen molar-refractivity contribution in [3.8, 4) is 22.9 Å². The number of carbonyl (C=O) groups excluding carboxylic acids is 1. The first-order valence-corrected chi connectivity index (χ1v) is 10.7. The zero-order valence-electron chi connectivity index (χ0n) is 18.1. The van der Waals surface area contributed by atoms with Crippen LogP contribution in [0.3, 0.4) is 0 Å². The Bertz CT molecular complexity index is 1070. The Morgan fingerprint density at radius 1 is 1.13 bits per heavy atom. The minimum Gasteiger partial charge on any atom is -0.493 e. The summed E-state index contributed by atoms with van der Waals surface area (Å²) < 4.78 is 12.6. The third-order valence-electron chi connectivity index (χ3n) is 4.75. The summed E-state index contributed by atoms with van der Waals surface area (Å²) in [5, 5.41) is 12.3. The number of benzene rings is 2. The van der Waals surface area contributed by atoms with Crippen molar-refractivity contribution in [3.63, 3.8) is 0 Å². The standard InChI is InChI=1S/C23H26N4O3S/c1-6-12-27-22(17-10-11-18(29-4)19(13-17)30-5)25-26-23(27)31-14-20(28)24-21-15(2)8-7-9-16(21)3/h6-11,13H,1,12,14H2,2-5H3,(H,24,28). The number of hydrogen-bond donors (Lipinski definition) is 1. The maximum atomic E-state index is 12.6. The van der Waals surface area contributed by atoms with Crippen LogP contribution in [-0.2, 0) is 11.3 Å². The van der Waals surface area contributed by atoms with Crippen LogP contribution < -0.4 is 14.8 Å². The molecule has 2 aromatic carbocycles. The lowest BCUT2D eigenvalue weighted by atomic mass is 10.1. The molecule has 0 aliphatic heterocycles. The SMILES string of the molecule is C=CCn1c(SCC(=O)Nc2c(C)cccc2C)nnc1-c1ccc(OC)c(OC)c1. The van der Waals surface area contributed by atoms with Crippen molar-refractivity contribution < 1.29 is 14.3 Å². The molecule has 0 radical (unpaired) electrons. The minimum absolute atomic E-state index is 0.0942. The average molecular weight is 439 g/mol. The lowest BCUT2D eigenvalue weighted by Gasteiger charge is -2.12. The Morgan fingerprint density at radius 3 is 2.48 bits per heavy atom. The first kappa shape index (κ1) is 22.4. The van der Waals surface area contributed by atoms with Gasteiger partial charge in [-0.05, 0) is 43.2 Å². The number of anilines is 1. The molecule has 0 aliphatic rings. The Morgan fingerprint density at radius 2 is 1.84 bits per heavy atom. The summed E-state index contributed by atoms with van der Waals surface area (Å²) >= 11 is 1.33. The molecule has 1 amide bonds. The van der Waals surface area contributed by atoms with Gasteiger partial charge in [-0.2, -0.15) is 0 Å². The number of aryl methyl sites for hydroxylation is 2. The van der Waals surface area contributed by atoms with Crippen molar-refractivity contribution in [2.75, 3.05) is 25.3 Å². The lowest BCUT2D eigenvalue weighted by Crippen LogP contribution is -2.16. The molecule has 3 aromatic rings. The first-order chi connectivity index (χ1) is 15.0. The number of nitrogens with one attached hydrogen (secondary N) is 1. The van der Waals surface area contributed by atoms with Crippen molar-refractivity contribution in [2.24, 2.45) is 0 Å². The number of para-hydroxylation sites is 1. The number of ether oxygens (including phenoxy) is 2. The Hall–Kier alpha value is -3.26. The van der Waals surface area contributed by atoms with E-state index in [1.807, 2.05) is 54.8 Å². The third-order valence-corrected chi connectivity index (χ3v) is 5.71. The van der Waals surface area contributed by atoms with E-state index in [2.05, 4.69) is 22.1 Å². The van der Waals surface area contributed by atoms with Crippen LogP contribution in [-0.4, -0.2) is 40.6 Å². The van der Waals surface area contributed by atoms with Crippen molar-refractivity contribution in [2.45, 2.75) is 25.5 Å². The molecule has 0 atom stereocenters. The number of thioether (sulfide) groups is 1. The summed E-state index contributed by atoms with van der Waals surface area (Å²) in [6.07, 6.45) is 1.77. The molecule has 0 unspecified atom stereocenters. The summed E-state index contributed by atoms with van der Waals surface area (Å²) in [5.74, 6) is 2.03. The molecule has 0 bridgehead atoms. The van der Waals surface area contributed by atoms with E-state index in [1.54, 1.807) is 20.3 Å². The molecule has 162 valence electrons. The van der Waals surface area contributed by atoms with E-state index in [0.717, 1.165) is 22.4 Å². The molecule has 1 N–H and O–H groups in total. The van der Waals surface area contributed by atoms with Gasteiger partial charge in [-0.25, -0.2) is 0 Å². The third kappa shape index (κ3) is 5.08. The smallest absolute Gasteiger partial charge is 0.234 e. The molecular formula is C23H26N4O3S. The second-order valence-electron chi connectivity index (χ2n) is 6.88. The zero-order valence-corrected chi connectivity index (χ0v) is 19.0. The first-order valence-electron chi connectivity index (χ1n) is 9.73. The van der Waals surface area contributed by atoms with Gasteiger partial charge in [-0.15, -0.1) is 16.8 Å². The largest absolute Gasteiger partial charge is 0.493 e. The number of allylic oxidation sites excluding steroid dienone is 1. The van der Waals surface area contributed by atoms with Gasteiger partial charge in [-0.3, -0.25) is 9.36 Å². The van der Waals surface area contributed by atoms with Crippen molar-refractivity contribution in [1.29, 1.82) is 0 Å². The van der Waals surface area contributed by atoms with E-state index in [4.69, 9.17) is 9.47 Å². The van der Waals surface area contributed by atoms with Crippen LogP contribution in [0, 0.1) is 13.8 Å². The Labute approximate surface area is 186 Å². The molecule has 0 fully saturated rings. The quantitative estimate of drug-likeness (QED) is 0.392. The molecule has 1 aromatic heterocycles. The van der Waals surface area contributed by atoms with Crippen molar-refractivity contribution in [1.82, 2.24) is 14.8 Å². The average Bonchev–Trinajstić information content (AvgIpc) is 3.17. The number of methoxy groups -OCH3 is 2. The topological polar surface area (TPSA) is 78.3 Å². The van der Waals surface area contributed by atoms with Crippen LogP contribution in [0.2, 0.25) is 0 Å². The fourth-order valence-corrected chi connectivity index (χ4v) is 3.94. The molecule has 0 saturated heterocycles. The highest BCUT2D eigenvalue weighted by Gasteiger charge is 2.17. The summed E-state index contributed by atoms with van der Waals surface area (Å²) in [6.45, 7) is 8.30. The second kappa shape index (κ2) is 10.2. The van der Waals surface area contributed by atoms with Crippen LogP contribution in [0.25, 0.3) is 11.4 Å². The predicted molar refractivity (Wildman–Crippen MR) is 124 cm³/mol. The molecule has 31 heavy (non-hydrogen) atoms. The molecule has 1 heterocycles. The van der Waals surface area contributed by atoms with Gasteiger partial charge in [0.2, 0.25) is 5.91 Å². The number of aromatic nitrogens is 3. The van der Waals surface area contributed by atoms with Crippen LogP contribution in [0.15, 0.2) is 54.2 Å². The highest BCUT2D eigenvalue weighted by molar-refractivity contribution is 7.99. The summed E-state index contributed by atoms with van der Waals surface area (Å²) in [6, 6.07) is 11.5. The zero-order chi connectivity index (χ0) is 22.4. The number of hydrogen-bond acceptors (Lipinski definition) is 6. The molecule has 0 spiro atoms. The summed E-state index contributed by atoms with van der Waals surface area (Å²) in [5.41, 5.74) is 3.75. The van der Waals surface area contributed by atoms with Gasteiger partial charge in [0.1, 0.15) is 0 Å². The Kier molecular flexibility index (Phi) is 7.36. The van der Waals surface area contributed by atoms with E-state index in [9.17, 15) is 4.79 Å². The number of amides is 1. The van der Waals surface area contributed by atoms with Crippen molar-refractivity contribution >= 4 is 23.4 Å². The lowest BCUT2D eigenvalue weighted by molar-refractivity contribution is -0.113. The van der Waals surface area contributed by atoms with Crippen molar-refractivity contribution in [3.05, 3.63) is 60.2 Å². The maximum Gasteiger partial charge on any atom is 0.234 e. The number of rotatable bonds is 9. The maximum absolute atomic E-state index is 12.6. The van der Waals surface area contributed by atoms with Gasteiger partial charge in [0, 0.05) is 17.8 Å². The molecule has 0 saturated carbocycles. The molecule has 8 heteroatoms. The van der Waals surface area contributed by atoms with E-state index >= 15 is 0 Å². The van der Waals surface area contributed by atoms with E-state index in [-0.39, 0.29) is 11.7 Å². The van der Waals surface area contributed by atoms with E-state index < -0.39 is 0 Å². The van der Waals surface area contributed by atoms with Gasteiger partial charge in [-0.1, -0.05) is 36.0 Å². The molecule has 3 rings (SSSR count). The number of nitrogens with zero attached hydrogens (tertiary/aromatic N) is 3. The minimum atomic E-state index is -0.0942. The predicted octanol–water partition coefficient (Wildman–Crippen LogP) is 4.50. The fourth-order valence-electron chi connectivity index (χ4n) is 3.20. The van der Waals surface area contributed by atoms with Gasteiger partial charge >= 0.3 is 0 Å².